The second-order valence-corrected chi connectivity index (χ2v) is 6.84. The molecule has 0 saturated carbocycles. The van der Waals surface area contributed by atoms with Crippen LogP contribution < -0.4 is 0 Å². The van der Waals surface area contributed by atoms with Gasteiger partial charge >= 0.3 is 17.9 Å². The Balaban J connectivity index is 4.21. The van der Waals surface area contributed by atoms with Crippen LogP contribution >= 0.6 is 0 Å². The van der Waals surface area contributed by atoms with Crippen LogP contribution in [0.2, 0.25) is 0 Å². The number of rotatable bonds is 18. The predicted octanol–water partition coefficient (Wildman–Crippen LogP) is 2.01. The fourth-order valence-electron chi connectivity index (χ4n) is 1.84. The van der Waals surface area contributed by atoms with Crippen molar-refractivity contribution in [2.45, 2.75) is 20.8 Å². The molecule has 0 heterocycles. The predicted molar refractivity (Wildman–Crippen MR) is 113 cm³/mol. The zero-order valence-electron chi connectivity index (χ0n) is 18.7. The summed E-state index contributed by atoms with van der Waals surface area (Å²) in [5.74, 6) is -1.55. The van der Waals surface area contributed by atoms with Gasteiger partial charge in [0.25, 0.3) is 0 Å². The van der Waals surface area contributed by atoms with Crippen LogP contribution in [0.1, 0.15) is 20.8 Å². The molecule has 31 heavy (non-hydrogen) atoms. The first-order valence-electron chi connectivity index (χ1n) is 9.86. The van der Waals surface area contributed by atoms with Crippen LogP contribution in [0.25, 0.3) is 0 Å². The first-order valence-corrected chi connectivity index (χ1v) is 9.86. The summed E-state index contributed by atoms with van der Waals surface area (Å²) >= 11 is 0. The summed E-state index contributed by atoms with van der Waals surface area (Å²) in [6.07, 6.45) is 0. The summed E-state index contributed by atoms with van der Waals surface area (Å²) in [5.41, 5.74) is 0.957. The highest BCUT2D eigenvalue weighted by Crippen LogP contribution is 2.02. The molecule has 0 aromatic rings. The molecule has 9 nitrogen and oxygen atoms in total. The average Bonchev–Trinajstić information content (AvgIpc) is 2.71. The van der Waals surface area contributed by atoms with Gasteiger partial charge in [-0.15, -0.1) is 0 Å². The minimum Gasteiger partial charge on any atom is -0.460 e. The maximum absolute atomic E-state index is 11.3. The summed E-state index contributed by atoms with van der Waals surface area (Å²) in [5, 5.41) is 0. The van der Waals surface area contributed by atoms with Crippen LogP contribution in [0.3, 0.4) is 0 Å². The summed E-state index contributed by atoms with van der Waals surface area (Å²) in [6, 6.07) is 0. The van der Waals surface area contributed by atoms with E-state index >= 15 is 0 Å². The Hall–Kier alpha value is -2.49. The SMILES string of the molecule is C=C(C)C(=O)OCCOCC(COCCOC(=O)C(=C)C)COCCOC(=O)C(=C)C. The highest BCUT2D eigenvalue weighted by atomic mass is 16.6. The third-order valence-corrected chi connectivity index (χ3v) is 3.49. The van der Waals surface area contributed by atoms with E-state index < -0.39 is 17.9 Å². The van der Waals surface area contributed by atoms with Crippen LogP contribution in [0, 0.1) is 5.92 Å². The third-order valence-electron chi connectivity index (χ3n) is 3.49. The van der Waals surface area contributed by atoms with Crippen LogP contribution in [0.5, 0.6) is 0 Å². The van der Waals surface area contributed by atoms with E-state index in [1.807, 2.05) is 0 Å². The molecule has 0 aromatic heterocycles. The van der Waals surface area contributed by atoms with Gasteiger partial charge in [-0.25, -0.2) is 14.4 Å². The molecule has 0 N–H and O–H groups in total. The quantitative estimate of drug-likeness (QED) is 0.136. The molecule has 0 aliphatic carbocycles. The van der Waals surface area contributed by atoms with Crippen molar-refractivity contribution < 1.29 is 42.8 Å². The molecule has 9 heteroatoms. The van der Waals surface area contributed by atoms with Crippen molar-refractivity contribution in [3.63, 3.8) is 0 Å². The van der Waals surface area contributed by atoms with E-state index in [0.717, 1.165) is 0 Å². The van der Waals surface area contributed by atoms with Crippen molar-refractivity contribution in [2.24, 2.45) is 5.92 Å². The average molecular weight is 443 g/mol. The molecule has 0 radical (unpaired) electrons. The Kier molecular flexibility index (Phi) is 15.8. The lowest BCUT2D eigenvalue weighted by molar-refractivity contribution is -0.141. The van der Waals surface area contributed by atoms with E-state index in [0.29, 0.717) is 36.5 Å². The summed E-state index contributed by atoms with van der Waals surface area (Å²) < 4.78 is 31.4. The second kappa shape index (κ2) is 17.2. The molecule has 0 aromatic carbocycles. The van der Waals surface area contributed by atoms with Gasteiger partial charge in [-0.05, 0) is 20.8 Å². The Morgan fingerprint density at radius 3 is 1.03 bits per heavy atom. The van der Waals surface area contributed by atoms with Gasteiger partial charge < -0.3 is 28.4 Å². The normalized spacial score (nSPS) is 10.5. The molecule has 0 aliphatic rings. The lowest BCUT2D eigenvalue weighted by Gasteiger charge is -2.18. The first-order chi connectivity index (χ1) is 14.6. The zero-order valence-corrected chi connectivity index (χ0v) is 18.7. The molecule has 0 amide bonds. The summed E-state index contributed by atoms with van der Waals surface area (Å²) in [6.45, 7) is 17.0. The largest absolute Gasteiger partial charge is 0.460 e. The van der Waals surface area contributed by atoms with E-state index in [4.69, 9.17) is 28.4 Å². The number of carbonyl (C=O) groups excluding carboxylic acids is 3. The van der Waals surface area contributed by atoms with Gasteiger partial charge in [-0.3, -0.25) is 0 Å². The van der Waals surface area contributed by atoms with E-state index in [1.165, 1.54) is 0 Å². The Morgan fingerprint density at radius 2 is 0.806 bits per heavy atom. The molecule has 0 saturated heterocycles. The van der Waals surface area contributed by atoms with E-state index in [2.05, 4.69) is 19.7 Å². The van der Waals surface area contributed by atoms with Crippen molar-refractivity contribution >= 4 is 17.9 Å². The van der Waals surface area contributed by atoms with Gasteiger partial charge in [0, 0.05) is 22.6 Å². The molecule has 0 atom stereocenters. The molecular formula is C22H34O9. The maximum Gasteiger partial charge on any atom is 0.333 e. The minimum absolute atomic E-state index is 0.105. The van der Waals surface area contributed by atoms with E-state index in [9.17, 15) is 14.4 Å². The molecular weight excluding hydrogens is 408 g/mol. The summed E-state index contributed by atoms with van der Waals surface area (Å²) in [7, 11) is 0. The lowest BCUT2D eigenvalue weighted by Crippen LogP contribution is -2.25. The molecule has 0 rings (SSSR count). The van der Waals surface area contributed by atoms with Gasteiger partial charge in [0.15, 0.2) is 0 Å². The summed E-state index contributed by atoms with van der Waals surface area (Å²) in [4.78, 5) is 34.0. The lowest BCUT2D eigenvalue weighted by atomic mass is 10.2. The maximum atomic E-state index is 11.3. The number of esters is 3. The van der Waals surface area contributed by atoms with Gasteiger partial charge in [-0.2, -0.15) is 0 Å². The molecule has 0 unspecified atom stereocenters. The standard InChI is InChI=1S/C22H34O9/c1-16(2)20(23)29-10-7-26-13-19(14-27-8-11-30-21(24)17(3)4)15-28-9-12-31-22(25)18(5)6/h19H,1,3,5,7-15H2,2,4,6H3. The monoisotopic (exact) mass is 442 g/mol. The molecule has 176 valence electrons. The molecule has 0 spiro atoms. The van der Waals surface area contributed by atoms with Crippen LogP contribution in [-0.4, -0.2) is 77.4 Å². The minimum atomic E-state index is -0.472. The van der Waals surface area contributed by atoms with Gasteiger partial charge in [-0.1, -0.05) is 19.7 Å². The van der Waals surface area contributed by atoms with Crippen LogP contribution in [0.15, 0.2) is 36.5 Å². The molecule has 0 fully saturated rings. The second-order valence-electron chi connectivity index (χ2n) is 6.84. The van der Waals surface area contributed by atoms with Crippen molar-refractivity contribution in [3.8, 4) is 0 Å². The number of hydrogen-bond acceptors (Lipinski definition) is 9. The highest BCUT2D eigenvalue weighted by molar-refractivity contribution is 5.87. The van der Waals surface area contributed by atoms with Gasteiger partial charge in [0.2, 0.25) is 0 Å². The van der Waals surface area contributed by atoms with Crippen LogP contribution in [0.4, 0.5) is 0 Å². The van der Waals surface area contributed by atoms with Crippen molar-refractivity contribution in [3.05, 3.63) is 36.5 Å². The van der Waals surface area contributed by atoms with Crippen molar-refractivity contribution in [1.29, 1.82) is 0 Å². The number of ether oxygens (including phenoxy) is 6. The Bertz CT molecular complexity index is 539. The Morgan fingerprint density at radius 1 is 0.548 bits per heavy atom. The third kappa shape index (κ3) is 15.9. The smallest absolute Gasteiger partial charge is 0.333 e. The molecule has 0 aliphatic heterocycles. The first kappa shape index (κ1) is 28.5. The Labute approximate surface area is 184 Å². The fraction of sp³-hybridized carbons (Fsp3) is 0.591. The molecule has 0 bridgehead atoms. The fourth-order valence-corrected chi connectivity index (χ4v) is 1.84. The van der Waals surface area contributed by atoms with E-state index in [1.54, 1.807) is 20.8 Å². The van der Waals surface area contributed by atoms with Crippen molar-refractivity contribution in [1.82, 2.24) is 0 Å². The zero-order chi connectivity index (χ0) is 23.6. The number of carbonyl (C=O) groups is 3. The van der Waals surface area contributed by atoms with Crippen LogP contribution in [-0.2, 0) is 42.8 Å². The van der Waals surface area contributed by atoms with Gasteiger partial charge in [0.1, 0.15) is 19.8 Å². The number of hydrogen-bond donors (Lipinski definition) is 0. The van der Waals surface area contributed by atoms with E-state index in [-0.39, 0.29) is 45.6 Å². The van der Waals surface area contributed by atoms with Gasteiger partial charge in [0.05, 0.1) is 39.6 Å². The van der Waals surface area contributed by atoms with Crippen molar-refractivity contribution in [2.75, 3.05) is 59.5 Å². The topological polar surface area (TPSA) is 107 Å². The highest BCUT2D eigenvalue weighted by Gasteiger charge is 2.12.